The first kappa shape index (κ1) is 18.9. The maximum Gasteiger partial charge on any atom is 0.424 e. The van der Waals surface area contributed by atoms with Crippen molar-refractivity contribution in [1.29, 1.82) is 0 Å². The molecule has 0 bridgehead atoms. The summed E-state index contributed by atoms with van der Waals surface area (Å²) in [6.07, 6.45) is -5.00. The number of carbonyl (C=O) groups is 1. The molecule has 3 rings (SSSR count). The summed E-state index contributed by atoms with van der Waals surface area (Å²) in [5, 5.41) is 14.8. The van der Waals surface area contributed by atoms with Gasteiger partial charge in [0.25, 0.3) is 5.91 Å². The zero-order chi connectivity index (χ0) is 19.1. The van der Waals surface area contributed by atoms with Crippen LogP contribution in [0.15, 0.2) is 63.0 Å². The van der Waals surface area contributed by atoms with Crippen LogP contribution in [0.1, 0.15) is 15.9 Å². The molecule has 9 heteroatoms. The van der Waals surface area contributed by atoms with Crippen molar-refractivity contribution < 1.29 is 23.1 Å². The van der Waals surface area contributed by atoms with E-state index >= 15 is 0 Å². The standard InChI is InChI=1S/C17H12BrF3N2O2S/c18-12-6-4-10(5-7-12)14-16(25,17(19,20)21)9-23(22-14)15(24)11-2-1-3-13(26)8-11/h1-8,25-26H,9H2. The molecule has 1 heterocycles. The Morgan fingerprint density at radius 1 is 1.23 bits per heavy atom. The first-order valence-corrected chi connectivity index (χ1v) is 8.61. The number of carbonyl (C=O) groups excluding carboxylic acids is 1. The van der Waals surface area contributed by atoms with Gasteiger partial charge in [0.2, 0.25) is 5.60 Å². The third-order valence-electron chi connectivity index (χ3n) is 3.91. The summed E-state index contributed by atoms with van der Waals surface area (Å²) < 4.78 is 41.4. The fourth-order valence-corrected chi connectivity index (χ4v) is 3.05. The van der Waals surface area contributed by atoms with Crippen molar-refractivity contribution in [2.75, 3.05) is 6.54 Å². The maximum atomic E-state index is 13.6. The number of amides is 1. The second-order valence-electron chi connectivity index (χ2n) is 5.73. The number of hydrazone groups is 1. The summed E-state index contributed by atoms with van der Waals surface area (Å²) in [4.78, 5) is 13.0. The van der Waals surface area contributed by atoms with Gasteiger partial charge in [-0.2, -0.15) is 18.3 Å². The van der Waals surface area contributed by atoms with Crippen molar-refractivity contribution >= 4 is 40.2 Å². The number of β-amino-alcohol motifs (C(OH)–C–C–N with tert-alkyl or cyclic N) is 1. The highest BCUT2D eigenvalue weighted by atomic mass is 79.9. The molecular weight excluding hydrogens is 433 g/mol. The van der Waals surface area contributed by atoms with Gasteiger partial charge in [-0.05, 0) is 30.3 Å². The fraction of sp³-hybridized carbons (Fsp3) is 0.176. The Hall–Kier alpha value is -1.84. The quantitative estimate of drug-likeness (QED) is 0.690. The Kier molecular flexibility index (Phi) is 4.89. The van der Waals surface area contributed by atoms with Gasteiger partial charge >= 0.3 is 6.18 Å². The summed E-state index contributed by atoms with van der Waals surface area (Å²) in [6, 6.07) is 11.9. The number of hydrogen-bond acceptors (Lipinski definition) is 4. The van der Waals surface area contributed by atoms with E-state index in [9.17, 15) is 23.1 Å². The number of rotatable bonds is 2. The molecule has 1 N–H and O–H groups in total. The van der Waals surface area contributed by atoms with Gasteiger partial charge in [-0.3, -0.25) is 4.79 Å². The molecule has 1 amide bonds. The van der Waals surface area contributed by atoms with Gasteiger partial charge in [0.15, 0.2) is 0 Å². The van der Waals surface area contributed by atoms with Crippen molar-refractivity contribution in [2.45, 2.75) is 16.7 Å². The minimum Gasteiger partial charge on any atom is -0.374 e. The highest BCUT2D eigenvalue weighted by Crippen LogP contribution is 2.38. The zero-order valence-electron chi connectivity index (χ0n) is 13.0. The van der Waals surface area contributed by atoms with Crippen LogP contribution < -0.4 is 0 Å². The van der Waals surface area contributed by atoms with Crippen LogP contribution in [0.2, 0.25) is 0 Å². The Labute approximate surface area is 160 Å². The normalized spacial score (nSPS) is 20.2. The van der Waals surface area contributed by atoms with E-state index in [1.807, 2.05) is 0 Å². The van der Waals surface area contributed by atoms with Crippen LogP contribution >= 0.6 is 28.6 Å². The summed E-state index contributed by atoms with van der Waals surface area (Å²) in [5.41, 5.74) is -3.67. The van der Waals surface area contributed by atoms with Gasteiger partial charge < -0.3 is 5.11 Å². The highest BCUT2D eigenvalue weighted by molar-refractivity contribution is 9.10. The molecule has 0 saturated heterocycles. The van der Waals surface area contributed by atoms with Crippen LogP contribution in [0.3, 0.4) is 0 Å². The molecule has 4 nitrogen and oxygen atoms in total. The van der Waals surface area contributed by atoms with Crippen molar-refractivity contribution in [2.24, 2.45) is 5.10 Å². The second kappa shape index (κ2) is 6.71. The van der Waals surface area contributed by atoms with E-state index in [-0.39, 0.29) is 11.1 Å². The molecule has 26 heavy (non-hydrogen) atoms. The number of nitrogens with zero attached hydrogens (tertiary/aromatic N) is 2. The molecule has 2 aromatic carbocycles. The molecule has 0 aromatic heterocycles. The van der Waals surface area contributed by atoms with Crippen molar-refractivity contribution in [3.05, 3.63) is 64.1 Å². The zero-order valence-corrected chi connectivity index (χ0v) is 15.5. The summed E-state index contributed by atoms with van der Waals surface area (Å²) in [5.74, 6) is -0.754. The van der Waals surface area contributed by atoms with Crippen LogP contribution in [0.25, 0.3) is 0 Å². The number of aliphatic hydroxyl groups is 1. The fourth-order valence-electron chi connectivity index (χ4n) is 2.56. The lowest BCUT2D eigenvalue weighted by atomic mass is 9.92. The van der Waals surface area contributed by atoms with E-state index in [1.54, 1.807) is 12.1 Å². The van der Waals surface area contributed by atoms with Crippen molar-refractivity contribution in [3.63, 3.8) is 0 Å². The Morgan fingerprint density at radius 2 is 1.88 bits per heavy atom. The third kappa shape index (κ3) is 3.38. The van der Waals surface area contributed by atoms with Gasteiger partial charge in [0.05, 0.1) is 6.54 Å². The van der Waals surface area contributed by atoms with Gasteiger partial charge in [0.1, 0.15) is 5.71 Å². The minimum atomic E-state index is -5.00. The lowest BCUT2D eigenvalue weighted by molar-refractivity contribution is -0.228. The van der Waals surface area contributed by atoms with Gasteiger partial charge in [-0.25, -0.2) is 5.01 Å². The molecule has 1 aliphatic rings. The first-order valence-electron chi connectivity index (χ1n) is 7.37. The predicted molar refractivity (Wildman–Crippen MR) is 96.4 cm³/mol. The Morgan fingerprint density at radius 3 is 2.46 bits per heavy atom. The van der Waals surface area contributed by atoms with Crippen LogP contribution in [-0.4, -0.2) is 40.1 Å². The van der Waals surface area contributed by atoms with Gasteiger partial charge in [-0.1, -0.05) is 34.1 Å². The average molecular weight is 445 g/mol. The van der Waals surface area contributed by atoms with Crippen molar-refractivity contribution in [3.8, 4) is 0 Å². The maximum absolute atomic E-state index is 13.6. The number of thiol groups is 1. The molecule has 1 aliphatic heterocycles. The Balaban J connectivity index is 2.04. The van der Waals surface area contributed by atoms with Crippen molar-refractivity contribution in [1.82, 2.24) is 5.01 Å². The molecule has 0 fully saturated rings. The smallest absolute Gasteiger partial charge is 0.374 e. The molecule has 1 unspecified atom stereocenters. The number of hydrogen-bond donors (Lipinski definition) is 2. The molecule has 0 radical (unpaired) electrons. The van der Waals surface area contributed by atoms with Gasteiger partial charge in [-0.15, -0.1) is 12.6 Å². The van der Waals surface area contributed by atoms with Crippen LogP contribution in [0, 0.1) is 0 Å². The topological polar surface area (TPSA) is 52.9 Å². The van der Waals surface area contributed by atoms with E-state index < -0.39 is 29.9 Å². The summed E-state index contributed by atoms with van der Waals surface area (Å²) in [6.45, 7) is -1.02. The molecule has 2 aromatic rings. The second-order valence-corrected chi connectivity index (χ2v) is 7.16. The third-order valence-corrected chi connectivity index (χ3v) is 4.71. The average Bonchev–Trinajstić information content (AvgIpc) is 2.94. The van der Waals surface area contributed by atoms with E-state index in [4.69, 9.17) is 0 Å². The molecule has 1 atom stereocenters. The highest BCUT2D eigenvalue weighted by Gasteiger charge is 2.62. The lowest BCUT2D eigenvalue weighted by Crippen LogP contribution is -2.54. The molecular formula is C17H12BrF3N2O2S. The van der Waals surface area contributed by atoms with E-state index in [2.05, 4.69) is 33.7 Å². The monoisotopic (exact) mass is 444 g/mol. The number of benzene rings is 2. The molecule has 136 valence electrons. The lowest BCUT2D eigenvalue weighted by Gasteiger charge is -2.27. The summed E-state index contributed by atoms with van der Waals surface area (Å²) in [7, 11) is 0. The largest absolute Gasteiger partial charge is 0.424 e. The number of halogens is 4. The molecule has 0 aliphatic carbocycles. The van der Waals surface area contributed by atoms with E-state index in [0.717, 1.165) is 0 Å². The number of alkyl halides is 3. The minimum absolute atomic E-state index is 0.0753. The SMILES string of the molecule is O=C(c1cccc(S)c1)N1CC(O)(C(F)(F)F)C(c2ccc(Br)cc2)=N1. The van der Waals surface area contributed by atoms with E-state index in [1.165, 1.54) is 36.4 Å². The molecule has 0 spiro atoms. The van der Waals surface area contributed by atoms with E-state index in [0.29, 0.717) is 14.4 Å². The van der Waals surface area contributed by atoms with Crippen LogP contribution in [-0.2, 0) is 0 Å². The predicted octanol–water partition coefficient (Wildman–Crippen LogP) is 3.89. The Bertz CT molecular complexity index is 886. The van der Waals surface area contributed by atoms with Gasteiger partial charge in [0, 0.05) is 20.5 Å². The summed E-state index contributed by atoms with van der Waals surface area (Å²) >= 11 is 7.31. The van der Waals surface area contributed by atoms with Crippen LogP contribution in [0.4, 0.5) is 13.2 Å². The molecule has 0 saturated carbocycles. The van der Waals surface area contributed by atoms with Crippen LogP contribution in [0.5, 0.6) is 0 Å². The first-order chi connectivity index (χ1) is 12.1.